The molecular formula is C23H24FN3O5. The number of methoxy groups -OCH3 is 1. The summed E-state index contributed by atoms with van der Waals surface area (Å²) < 4.78 is 24.8. The molecule has 0 spiro atoms. The van der Waals surface area contributed by atoms with E-state index in [1.54, 1.807) is 34.1 Å². The third kappa shape index (κ3) is 3.98. The normalized spacial score (nSPS) is 20.2. The van der Waals surface area contributed by atoms with Crippen molar-refractivity contribution in [1.29, 1.82) is 0 Å². The number of nitrogens with zero attached hydrogens (tertiary/aromatic N) is 2. The molecule has 2 heterocycles. The van der Waals surface area contributed by atoms with Crippen molar-refractivity contribution in [3.63, 3.8) is 0 Å². The van der Waals surface area contributed by atoms with E-state index in [4.69, 9.17) is 9.47 Å². The molecule has 0 aromatic heterocycles. The van der Waals surface area contributed by atoms with Crippen molar-refractivity contribution in [3.05, 3.63) is 53.3 Å². The minimum Gasteiger partial charge on any atom is -0.497 e. The zero-order valence-corrected chi connectivity index (χ0v) is 18.1. The smallest absolute Gasteiger partial charge is 0.262 e. The molecule has 0 aliphatic carbocycles. The van der Waals surface area contributed by atoms with Gasteiger partial charge >= 0.3 is 0 Å². The van der Waals surface area contributed by atoms with Gasteiger partial charge in [-0.05, 0) is 44.2 Å². The number of carbonyl (C=O) groups excluding carboxylic acids is 3. The Balaban J connectivity index is 1.50. The number of amides is 3. The van der Waals surface area contributed by atoms with Crippen LogP contribution in [0.2, 0.25) is 0 Å². The van der Waals surface area contributed by atoms with Crippen molar-refractivity contribution in [1.82, 2.24) is 9.80 Å². The summed E-state index contributed by atoms with van der Waals surface area (Å²) in [6, 6.07) is 8.39. The van der Waals surface area contributed by atoms with Gasteiger partial charge < -0.3 is 24.6 Å². The quantitative estimate of drug-likeness (QED) is 0.791. The van der Waals surface area contributed by atoms with E-state index in [9.17, 15) is 18.8 Å². The Bertz CT molecular complexity index is 1080. The Morgan fingerprint density at radius 3 is 2.47 bits per heavy atom. The number of hydrogen-bond donors (Lipinski definition) is 1. The third-order valence-corrected chi connectivity index (χ3v) is 5.71. The molecule has 3 amide bonds. The summed E-state index contributed by atoms with van der Waals surface area (Å²) >= 11 is 0. The Kier molecular flexibility index (Phi) is 5.73. The highest BCUT2D eigenvalue weighted by Gasteiger charge is 2.36. The molecule has 32 heavy (non-hydrogen) atoms. The number of benzene rings is 2. The van der Waals surface area contributed by atoms with E-state index in [0.29, 0.717) is 35.8 Å². The molecule has 1 saturated heterocycles. The Labute approximate surface area is 184 Å². The van der Waals surface area contributed by atoms with Crippen LogP contribution in [0.25, 0.3) is 0 Å². The fourth-order valence-corrected chi connectivity index (χ4v) is 4.22. The van der Waals surface area contributed by atoms with E-state index in [-0.39, 0.29) is 36.1 Å². The molecule has 1 fully saturated rings. The minimum atomic E-state index is -0.648. The summed E-state index contributed by atoms with van der Waals surface area (Å²) in [5.74, 6) is -0.713. The van der Waals surface area contributed by atoms with Crippen LogP contribution in [-0.2, 0) is 4.79 Å². The van der Waals surface area contributed by atoms with Crippen LogP contribution in [0.1, 0.15) is 34.6 Å². The molecule has 0 unspecified atom stereocenters. The molecule has 168 valence electrons. The first-order valence-corrected chi connectivity index (χ1v) is 10.3. The molecule has 1 N–H and O–H groups in total. The van der Waals surface area contributed by atoms with Crippen molar-refractivity contribution < 1.29 is 28.2 Å². The lowest BCUT2D eigenvalue weighted by Gasteiger charge is -2.44. The van der Waals surface area contributed by atoms with Gasteiger partial charge in [0, 0.05) is 36.8 Å². The summed E-state index contributed by atoms with van der Waals surface area (Å²) in [7, 11) is 1.43. The summed E-state index contributed by atoms with van der Waals surface area (Å²) in [6.07, 6.45) is 0. The maximum atomic E-state index is 14.5. The predicted molar refractivity (Wildman–Crippen MR) is 115 cm³/mol. The van der Waals surface area contributed by atoms with Crippen LogP contribution in [0.3, 0.4) is 0 Å². The van der Waals surface area contributed by atoms with Crippen LogP contribution in [-0.4, -0.2) is 66.4 Å². The average molecular weight is 441 g/mol. The van der Waals surface area contributed by atoms with E-state index in [2.05, 4.69) is 5.32 Å². The molecular weight excluding hydrogens is 417 g/mol. The lowest BCUT2D eigenvalue weighted by Crippen LogP contribution is -2.59. The fraction of sp³-hybridized carbons (Fsp3) is 0.348. The lowest BCUT2D eigenvalue weighted by atomic mass is 10.0. The maximum Gasteiger partial charge on any atom is 0.262 e. The number of piperazine rings is 1. The van der Waals surface area contributed by atoms with Gasteiger partial charge in [-0.1, -0.05) is 0 Å². The molecule has 0 bridgehead atoms. The van der Waals surface area contributed by atoms with Gasteiger partial charge in [0.1, 0.15) is 17.3 Å². The fourth-order valence-electron chi connectivity index (χ4n) is 4.22. The van der Waals surface area contributed by atoms with E-state index >= 15 is 0 Å². The van der Waals surface area contributed by atoms with Gasteiger partial charge in [-0.15, -0.1) is 0 Å². The average Bonchev–Trinajstić information content (AvgIpc) is 2.77. The third-order valence-electron chi connectivity index (χ3n) is 5.71. The first-order valence-electron chi connectivity index (χ1n) is 10.3. The molecule has 2 aliphatic heterocycles. The van der Waals surface area contributed by atoms with Crippen molar-refractivity contribution in [2.24, 2.45) is 0 Å². The van der Waals surface area contributed by atoms with Gasteiger partial charge in [-0.25, -0.2) is 4.39 Å². The van der Waals surface area contributed by atoms with E-state index in [1.807, 2.05) is 13.8 Å². The lowest BCUT2D eigenvalue weighted by molar-refractivity contribution is -0.118. The SMILES string of the molecule is COc1ccc(C(=O)N2[C@H](C)CN(C(=O)c3ccc4c(c3)NC(=O)CO4)C[C@H]2C)c(F)c1. The minimum absolute atomic E-state index is 0.0327. The molecule has 2 atom stereocenters. The van der Waals surface area contributed by atoms with Crippen LogP contribution >= 0.6 is 0 Å². The summed E-state index contributed by atoms with van der Waals surface area (Å²) in [5.41, 5.74) is 0.835. The van der Waals surface area contributed by atoms with Crippen LogP contribution in [0.15, 0.2) is 36.4 Å². The monoisotopic (exact) mass is 441 g/mol. The standard InChI is InChI=1S/C23H24FN3O5/c1-13-10-26(22(29)15-4-7-20-19(8-15)25-21(28)12-32-20)11-14(2)27(13)23(30)17-6-5-16(31-3)9-18(17)24/h4-9,13-14H,10-12H2,1-3H3,(H,25,28)/t13-,14-/m1/s1. The predicted octanol–water partition coefficient (Wildman–Crippen LogP) is 2.54. The second-order valence-electron chi connectivity index (χ2n) is 8.01. The van der Waals surface area contributed by atoms with Gasteiger partial charge in [0.2, 0.25) is 0 Å². The highest BCUT2D eigenvalue weighted by molar-refractivity contribution is 6.00. The number of hydrogen-bond acceptors (Lipinski definition) is 5. The van der Waals surface area contributed by atoms with E-state index < -0.39 is 11.7 Å². The topological polar surface area (TPSA) is 88.2 Å². The van der Waals surface area contributed by atoms with Gasteiger partial charge in [-0.3, -0.25) is 14.4 Å². The first-order chi connectivity index (χ1) is 15.3. The number of carbonyl (C=O) groups is 3. The van der Waals surface area contributed by atoms with Crippen molar-refractivity contribution in [2.75, 3.05) is 32.1 Å². The number of halogens is 1. The number of rotatable bonds is 3. The molecule has 2 aromatic rings. The second-order valence-corrected chi connectivity index (χ2v) is 8.01. The Morgan fingerprint density at radius 2 is 1.81 bits per heavy atom. The van der Waals surface area contributed by atoms with Gasteiger partial charge in [-0.2, -0.15) is 0 Å². The zero-order chi connectivity index (χ0) is 23.0. The molecule has 0 radical (unpaired) electrons. The molecule has 8 nitrogen and oxygen atoms in total. The van der Waals surface area contributed by atoms with Crippen LogP contribution in [0, 0.1) is 5.82 Å². The summed E-state index contributed by atoms with van der Waals surface area (Å²) in [6.45, 7) is 4.20. The number of nitrogens with one attached hydrogen (secondary N) is 1. The van der Waals surface area contributed by atoms with Gasteiger partial charge in [0.05, 0.1) is 18.4 Å². The zero-order valence-electron chi connectivity index (χ0n) is 18.1. The number of ether oxygens (including phenoxy) is 2. The molecule has 2 aromatic carbocycles. The second kappa shape index (κ2) is 8.49. The largest absolute Gasteiger partial charge is 0.497 e. The van der Waals surface area contributed by atoms with Crippen LogP contribution < -0.4 is 14.8 Å². The molecule has 9 heteroatoms. The van der Waals surface area contributed by atoms with E-state index in [0.717, 1.165) is 0 Å². The Morgan fingerprint density at radius 1 is 1.09 bits per heavy atom. The van der Waals surface area contributed by atoms with Gasteiger partial charge in [0.25, 0.3) is 17.7 Å². The van der Waals surface area contributed by atoms with Crippen molar-refractivity contribution in [3.8, 4) is 11.5 Å². The molecule has 4 rings (SSSR count). The van der Waals surface area contributed by atoms with Crippen LogP contribution in [0.4, 0.5) is 10.1 Å². The van der Waals surface area contributed by atoms with Crippen molar-refractivity contribution >= 4 is 23.4 Å². The van der Waals surface area contributed by atoms with Gasteiger partial charge in [0.15, 0.2) is 6.61 Å². The van der Waals surface area contributed by atoms with Crippen LogP contribution in [0.5, 0.6) is 11.5 Å². The highest BCUT2D eigenvalue weighted by atomic mass is 19.1. The Hall–Kier alpha value is -3.62. The molecule has 0 saturated carbocycles. The molecule has 2 aliphatic rings. The highest BCUT2D eigenvalue weighted by Crippen LogP contribution is 2.30. The maximum absolute atomic E-state index is 14.5. The number of anilines is 1. The summed E-state index contributed by atoms with van der Waals surface area (Å²) in [4.78, 5) is 41.0. The van der Waals surface area contributed by atoms with Crippen molar-refractivity contribution in [2.45, 2.75) is 25.9 Å². The first kappa shape index (κ1) is 21.6. The van der Waals surface area contributed by atoms with E-state index in [1.165, 1.54) is 19.2 Å². The summed E-state index contributed by atoms with van der Waals surface area (Å²) in [5, 5.41) is 2.70. The number of fused-ring (bicyclic) bond motifs is 1.